The van der Waals surface area contributed by atoms with E-state index in [2.05, 4.69) is 15.3 Å². The summed E-state index contributed by atoms with van der Waals surface area (Å²) in [6.07, 6.45) is 3.84. The molecule has 5 nitrogen and oxygen atoms in total. The predicted octanol–water partition coefficient (Wildman–Crippen LogP) is 1.15. The molecule has 2 heterocycles. The van der Waals surface area contributed by atoms with Crippen LogP contribution in [0.4, 0.5) is 0 Å². The van der Waals surface area contributed by atoms with Crippen LogP contribution in [0.5, 0.6) is 0 Å². The van der Waals surface area contributed by atoms with Gasteiger partial charge in [-0.15, -0.1) is 0 Å². The molecule has 0 fully saturated rings. The van der Waals surface area contributed by atoms with Crippen LogP contribution in [0.25, 0.3) is 0 Å². The number of nitrogens with zero attached hydrogens (tertiary/aromatic N) is 1. The topological polar surface area (TPSA) is 74.8 Å². The average Bonchev–Trinajstić information content (AvgIpc) is 2.86. The highest BCUT2D eigenvalue weighted by Crippen LogP contribution is 2.01. The molecular weight excluding hydrogens is 218 g/mol. The summed E-state index contributed by atoms with van der Waals surface area (Å²) in [6, 6.07) is 6.99. The Bertz CT molecular complexity index is 520. The van der Waals surface area contributed by atoms with Crippen LogP contribution in [0.2, 0.25) is 0 Å². The van der Waals surface area contributed by atoms with E-state index in [1.54, 1.807) is 6.20 Å². The van der Waals surface area contributed by atoms with Crippen molar-refractivity contribution in [2.45, 2.75) is 6.54 Å². The van der Waals surface area contributed by atoms with Gasteiger partial charge in [0.25, 0.3) is 5.91 Å². The molecule has 0 unspecified atom stereocenters. The van der Waals surface area contributed by atoms with Crippen molar-refractivity contribution in [1.29, 1.82) is 0 Å². The van der Waals surface area contributed by atoms with Crippen LogP contribution in [0.15, 0.2) is 36.7 Å². The van der Waals surface area contributed by atoms with E-state index in [1.807, 2.05) is 18.2 Å². The number of amides is 1. The standard InChI is InChI=1S/C12H11N3O2/c16-8-9-5-11(14-6-9)12(17)15-7-10-3-1-2-4-13-10/h1-6,8,14H,7H2,(H,15,17). The summed E-state index contributed by atoms with van der Waals surface area (Å²) in [6.45, 7) is 0.356. The van der Waals surface area contributed by atoms with Gasteiger partial charge < -0.3 is 10.3 Å². The zero-order valence-corrected chi connectivity index (χ0v) is 9.01. The van der Waals surface area contributed by atoms with E-state index in [1.165, 1.54) is 12.3 Å². The van der Waals surface area contributed by atoms with Crippen LogP contribution in [0.1, 0.15) is 26.5 Å². The molecule has 2 N–H and O–H groups in total. The second-order valence-corrected chi connectivity index (χ2v) is 3.47. The summed E-state index contributed by atoms with van der Waals surface area (Å²) in [4.78, 5) is 28.9. The first-order valence-electron chi connectivity index (χ1n) is 5.11. The van der Waals surface area contributed by atoms with Gasteiger partial charge in [0.2, 0.25) is 0 Å². The summed E-state index contributed by atoms with van der Waals surface area (Å²) in [5.41, 5.74) is 1.60. The van der Waals surface area contributed by atoms with Crippen molar-refractivity contribution in [2.24, 2.45) is 0 Å². The van der Waals surface area contributed by atoms with Gasteiger partial charge >= 0.3 is 0 Å². The fourth-order valence-corrected chi connectivity index (χ4v) is 1.38. The van der Waals surface area contributed by atoms with E-state index in [9.17, 15) is 9.59 Å². The molecule has 17 heavy (non-hydrogen) atoms. The van der Waals surface area contributed by atoms with Crippen molar-refractivity contribution < 1.29 is 9.59 Å². The minimum Gasteiger partial charge on any atom is -0.357 e. The molecular formula is C12H11N3O2. The number of aromatic amines is 1. The number of rotatable bonds is 4. The minimum atomic E-state index is -0.260. The van der Waals surface area contributed by atoms with Crippen LogP contribution < -0.4 is 5.32 Å². The maximum absolute atomic E-state index is 11.7. The first kappa shape index (κ1) is 11.1. The highest BCUT2D eigenvalue weighted by molar-refractivity contribution is 5.94. The molecule has 86 valence electrons. The molecule has 2 aromatic heterocycles. The van der Waals surface area contributed by atoms with E-state index in [4.69, 9.17) is 0 Å². The summed E-state index contributed by atoms with van der Waals surface area (Å²) in [7, 11) is 0. The van der Waals surface area contributed by atoms with Gasteiger partial charge in [0.15, 0.2) is 6.29 Å². The maximum atomic E-state index is 11.7. The third-order valence-corrected chi connectivity index (χ3v) is 2.24. The fraction of sp³-hybridized carbons (Fsp3) is 0.0833. The minimum absolute atomic E-state index is 0.260. The highest BCUT2D eigenvalue weighted by Gasteiger charge is 2.07. The molecule has 0 bridgehead atoms. The van der Waals surface area contributed by atoms with Crippen molar-refractivity contribution in [3.05, 3.63) is 53.6 Å². The number of pyridine rings is 1. The molecule has 1 amide bonds. The Morgan fingerprint density at radius 3 is 3.00 bits per heavy atom. The van der Waals surface area contributed by atoms with E-state index < -0.39 is 0 Å². The summed E-state index contributed by atoms with van der Waals surface area (Å²) >= 11 is 0. The van der Waals surface area contributed by atoms with E-state index >= 15 is 0 Å². The first-order chi connectivity index (χ1) is 8.29. The molecule has 2 aromatic rings. The zero-order chi connectivity index (χ0) is 12.1. The number of carbonyl (C=O) groups excluding carboxylic acids is 2. The lowest BCUT2D eigenvalue weighted by Crippen LogP contribution is -2.23. The second kappa shape index (κ2) is 5.07. The lowest BCUT2D eigenvalue weighted by atomic mass is 10.3. The number of aromatic nitrogens is 2. The van der Waals surface area contributed by atoms with Crippen LogP contribution in [0.3, 0.4) is 0 Å². The Labute approximate surface area is 97.9 Å². The smallest absolute Gasteiger partial charge is 0.268 e. The van der Waals surface area contributed by atoms with Crippen LogP contribution in [-0.4, -0.2) is 22.2 Å². The Hall–Kier alpha value is -2.43. The van der Waals surface area contributed by atoms with Crippen molar-refractivity contribution in [3.8, 4) is 0 Å². The third kappa shape index (κ3) is 2.78. The zero-order valence-electron chi connectivity index (χ0n) is 9.01. The summed E-state index contributed by atoms with van der Waals surface area (Å²) in [5, 5.41) is 2.70. The van der Waals surface area contributed by atoms with Gasteiger partial charge in [-0.2, -0.15) is 0 Å². The van der Waals surface area contributed by atoms with Crippen molar-refractivity contribution in [1.82, 2.24) is 15.3 Å². The predicted molar refractivity (Wildman–Crippen MR) is 61.6 cm³/mol. The second-order valence-electron chi connectivity index (χ2n) is 3.47. The maximum Gasteiger partial charge on any atom is 0.268 e. The van der Waals surface area contributed by atoms with E-state index in [-0.39, 0.29) is 5.91 Å². The van der Waals surface area contributed by atoms with Crippen LogP contribution >= 0.6 is 0 Å². The largest absolute Gasteiger partial charge is 0.357 e. The number of aldehydes is 1. The van der Waals surface area contributed by atoms with Gasteiger partial charge in [0.1, 0.15) is 5.69 Å². The Morgan fingerprint density at radius 2 is 2.35 bits per heavy atom. The Balaban J connectivity index is 1.96. The molecule has 0 saturated carbocycles. The Morgan fingerprint density at radius 1 is 1.47 bits per heavy atom. The van der Waals surface area contributed by atoms with Crippen LogP contribution in [0, 0.1) is 0 Å². The monoisotopic (exact) mass is 229 g/mol. The SMILES string of the molecule is O=Cc1c[nH]c(C(=O)NCc2ccccn2)c1. The normalized spacial score (nSPS) is 9.88. The van der Waals surface area contributed by atoms with Gasteiger partial charge in [0.05, 0.1) is 12.2 Å². The van der Waals surface area contributed by atoms with Gasteiger partial charge in [-0.1, -0.05) is 6.07 Å². The number of carbonyl (C=O) groups is 2. The van der Waals surface area contributed by atoms with E-state index in [0.717, 1.165) is 5.69 Å². The average molecular weight is 229 g/mol. The molecule has 0 aromatic carbocycles. The van der Waals surface area contributed by atoms with Gasteiger partial charge in [-0.05, 0) is 18.2 Å². The first-order valence-corrected chi connectivity index (χ1v) is 5.11. The number of hydrogen-bond acceptors (Lipinski definition) is 3. The molecule has 0 saturated heterocycles. The molecule has 0 atom stereocenters. The molecule has 0 aliphatic heterocycles. The van der Waals surface area contributed by atoms with Crippen LogP contribution in [-0.2, 0) is 6.54 Å². The fourth-order valence-electron chi connectivity index (χ4n) is 1.38. The molecule has 2 rings (SSSR count). The van der Waals surface area contributed by atoms with Crippen molar-refractivity contribution in [3.63, 3.8) is 0 Å². The molecule has 0 radical (unpaired) electrons. The summed E-state index contributed by atoms with van der Waals surface area (Å²) < 4.78 is 0. The summed E-state index contributed by atoms with van der Waals surface area (Å²) in [5.74, 6) is -0.260. The number of H-pyrrole nitrogens is 1. The van der Waals surface area contributed by atoms with E-state index in [0.29, 0.717) is 24.1 Å². The highest BCUT2D eigenvalue weighted by atomic mass is 16.1. The molecule has 0 spiro atoms. The molecule has 5 heteroatoms. The lowest BCUT2D eigenvalue weighted by Gasteiger charge is -2.02. The lowest BCUT2D eigenvalue weighted by molar-refractivity contribution is 0.0946. The van der Waals surface area contributed by atoms with Crippen molar-refractivity contribution >= 4 is 12.2 Å². The number of nitrogens with one attached hydrogen (secondary N) is 2. The van der Waals surface area contributed by atoms with Gasteiger partial charge in [0, 0.05) is 18.0 Å². The third-order valence-electron chi connectivity index (χ3n) is 2.24. The number of hydrogen-bond donors (Lipinski definition) is 2. The van der Waals surface area contributed by atoms with Gasteiger partial charge in [-0.25, -0.2) is 0 Å². The molecule has 0 aliphatic rings. The van der Waals surface area contributed by atoms with Gasteiger partial charge in [-0.3, -0.25) is 14.6 Å². The van der Waals surface area contributed by atoms with Crippen molar-refractivity contribution in [2.75, 3.05) is 0 Å². The quantitative estimate of drug-likeness (QED) is 0.772. The molecule has 0 aliphatic carbocycles. The Kier molecular flexibility index (Phi) is 3.30.